The van der Waals surface area contributed by atoms with Crippen LogP contribution in [0.3, 0.4) is 0 Å². The van der Waals surface area contributed by atoms with Gasteiger partial charge in [-0.15, -0.1) is 9.24 Å². The van der Waals surface area contributed by atoms with Crippen LogP contribution in [0.25, 0.3) is 0 Å². The lowest BCUT2D eigenvalue weighted by Crippen LogP contribution is -2.45. The van der Waals surface area contributed by atoms with E-state index in [9.17, 15) is 23.1 Å². The lowest BCUT2D eigenvalue weighted by molar-refractivity contribution is -0.0852. The number of carbonyl (C=O) groups excluding carboxylic acids is 1. The van der Waals surface area contributed by atoms with Gasteiger partial charge in [0.1, 0.15) is 5.82 Å². The van der Waals surface area contributed by atoms with Gasteiger partial charge < -0.3 is 19.9 Å². The van der Waals surface area contributed by atoms with Gasteiger partial charge in [-0.25, -0.2) is 13.4 Å². The van der Waals surface area contributed by atoms with Crippen LogP contribution in [0.4, 0.5) is 0 Å². The average molecular weight is 498 g/mol. The third-order valence-electron chi connectivity index (χ3n) is 5.38. The molecule has 2 atom stereocenters. The molecule has 12 heteroatoms. The van der Waals surface area contributed by atoms with Crippen LogP contribution in [-0.2, 0) is 38.0 Å². The lowest BCUT2D eigenvalue weighted by atomic mass is 10.00. The van der Waals surface area contributed by atoms with Crippen molar-refractivity contribution in [1.82, 2.24) is 14.9 Å². The lowest BCUT2D eigenvalue weighted by Gasteiger charge is -2.34. The molecule has 1 spiro atoms. The number of sulfone groups is 1. The number of hydrogen-bond donors (Lipinski definition) is 2. The monoisotopic (exact) mass is 497 g/mol. The van der Waals surface area contributed by atoms with Gasteiger partial charge in [-0.2, -0.15) is 0 Å². The molecular formula is C21H28N3O7PS. The average Bonchev–Trinajstić information content (AvgIpc) is 3.25. The van der Waals surface area contributed by atoms with Gasteiger partial charge in [0.15, 0.2) is 21.1 Å². The molecule has 10 nitrogen and oxygen atoms in total. The van der Waals surface area contributed by atoms with Crippen LogP contribution in [0.15, 0.2) is 27.9 Å². The molecule has 1 fully saturated rings. The summed E-state index contributed by atoms with van der Waals surface area (Å²) in [6.45, 7) is 4.97. The molecule has 3 heterocycles. The molecule has 1 aromatic heterocycles. The number of hydrogen-bond acceptors (Lipinski definition) is 8. The van der Waals surface area contributed by atoms with E-state index in [1.165, 1.54) is 10.6 Å². The summed E-state index contributed by atoms with van der Waals surface area (Å²) in [4.78, 5) is 29.9. The quantitative estimate of drug-likeness (QED) is 0.582. The van der Waals surface area contributed by atoms with E-state index in [1.54, 1.807) is 12.1 Å². The maximum atomic E-state index is 12.8. The molecule has 0 saturated carbocycles. The summed E-state index contributed by atoms with van der Waals surface area (Å²) >= 11 is 0. The van der Waals surface area contributed by atoms with Crippen molar-refractivity contribution in [2.45, 2.75) is 43.9 Å². The minimum atomic E-state index is -3.52. The number of carbonyl (C=O) groups is 1. The van der Waals surface area contributed by atoms with Crippen molar-refractivity contribution in [2.75, 3.05) is 26.1 Å². The standard InChI is InChI=1S/C19H22N3O7PS.C2H6/c1-31(26,27)13-8-12(30)3-2-11(13)9-20-16(24)14-15(23)17(25)22-5-7-29-19(18(22)21-14)4-6-28-10-19;1-2/h2-3,8,23H,4-7,9-10,30H2,1H3,(H,20,24);1-2H3. The number of fused-ring (bicyclic) bond motifs is 2. The summed E-state index contributed by atoms with van der Waals surface area (Å²) in [5.41, 5.74) is -1.72. The van der Waals surface area contributed by atoms with Crippen LogP contribution in [-0.4, -0.2) is 55.1 Å². The number of nitrogens with one attached hydrogen (secondary N) is 1. The molecule has 2 aliphatic heterocycles. The third kappa shape index (κ3) is 4.96. The van der Waals surface area contributed by atoms with E-state index in [0.717, 1.165) is 6.26 Å². The predicted molar refractivity (Wildman–Crippen MR) is 125 cm³/mol. The van der Waals surface area contributed by atoms with Crippen molar-refractivity contribution in [3.63, 3.8) is 0 Å². The normalized spacial score (nSPS) is 19.5. The van der Waals surface area contributed by atoms with E-state index >= 15 is 0 Å². The molecule has 2 N–H and O–H groups in total. The Bertz CT molecular complexity index is 1220. The summed E-state index contributed by atoms with van der Waals surface area (Å²) in [5, 5.41) is 13.6. The summed E-state index contributed by atoms with van der Waals surface area (Å²) in [5.74, 6) is -1.32. The molecule has 1 amide bonds. The van der Waals surface area contributed by atoms with Gasteiger partial charge in [0.05, 0.1) is 31.3 Å². The molecule has 0 bridgehead atoms. The van der Waals surface area contributed by atoms with E-state index in [1.807, 2.05) is 13.8 Å². The Morgan fingerprint density at radius 1 is 1.33 bits per heavy atom. The number of ether oxygens (including phenoxy) is 2. The molecule has 2 aromatic rings. The van der Waals surface area contributed by atoms with E-state index in [2.05, 4.69) is 19.5 Å². The number of benzene rings is 1. The summed E-state index contributed by atoms with van der Waals surface area (Å²) in [6.07, 6.45) is 1.56. The third-order valence-corrected chi connectivity index (χ3v) is 6.91. The second-order valence-electron chi connectivity index (χ2n) is 7.56. The van der Waals surface area contributed by atoms with Crippen LogP contribution < -0.4 is 16.2 Å². The van der Waals surface area contributed by atoms with Gasteiger partial charge in [0, 0.05) is 19.2 Å². The first-order chi connectivity index (χ1) is 15.6. The SMILES string of the molecule is CC.CS(=O)(=O)c1cc(P)ccc1CNC(=O)c1nc2n(c(=O)c1O)CCOC21CCOC1. The fraction of sp³-hybridized carbons (Fsp3) is 0.476. The zero-order chi connectivity index (χ0) is 24.4. The Balaban J connectivity index is 0.00000149. The van der Waals surface area contributed by atoms with Crippen LogP contribution in [0.1, 0.15) is 42.1 Å². The van der Waals surface area contributed by atoms with Gasteiger partial charge in [-0.3, -0.25) is 14.2 Å². The van der Waals surface area contributed by atoms with Crippen molar-refractivity contribution in [3.05, 3.63) is 45.6 Å². The van der Waals surface area contributed by atoms with Crippen molar-refractivity contribution >= 4 is 30.3 Å². The number of rotatable bonds is 4. The van der Waals surface area contributed by atoms with Crippen LogP contribution in [0.5, 0.6) is 5.75 Å². The van der Waals surface area contributed by atoms with Crippen molar-refractivity contribution < 1.29 is 27.8 Å². The van der Waals surface area contributed by atoms with Crippen LogP contribution >= 0.6 is 9.24 Å². The Labute approximate surface area is 194 Å². The van der Waals surface area contributed by atoms with Gasteiger partial charge in [0.2, 0.25) is 5.75 Å². The second-order valence-corrected chi connectivity index (χ2v) is 10.2. The highest BCUT2D eigenvalue weighted by atomic mass is 32.2. The highest BCUT2D eigenvalue weighted by Gasteiger charge is 2.45. The van der Waals surface area contributed by atoms with E-state index in [-0.39, 0.29) is 37.0 Å². The van der Waals surface area contributed by atoms with Crippen molar-refractivity contribution in [1.29, 1.82) is 0 Å². The van der Waals surface area contributed by atoms with E-state index < -0.39 is 38.3 Å². The Morgan fingerprint density at radius 2 is 2.06 bits per heavy atom. The first kappa shape index (κ1) is 25.3. The first-order valence-corrected chi connectivity index (χ1v) is 13.0. The zero-order valence-electron chi connectivity index (χ0n) is 18.8. The Kier molecular flexibility index (Phi) is 7.58. The Morgan fingerprint density at radius 3 is 2.70 bits per heavy atom. The highest BCUT2D eigenvalue weighted by Crippen LogP contribution is 2.36. The van der Waals surface area contributed by atoms with Crippen molar-refractivity contribution in [3.8, 4) is 5.75 Å². The molecule has 0 radical (unpaired) electrons. The van der Waals surface area contributed by atoms with Crippen molar-refractivity contribution in [2.24, 2.45) is 0 Å². The zero-order valence-corrected chi connectivity index (χ0v) is 20.7. The molecule has 1 aromatic carbocycles. The number of amides is 1. The molecule has 33 heavy (non-hydrogen) atoms. The number of aromatic hydroxyl groups is 1. The number of aromatic nitrogens is 2. The smallest absolute Gasteiger partial charge is 0.296 e. The fourth-order valence-corrected chi connectivity index (χ4v) is 5.16. The first-order valence-electron chi connectivity index (χ1n) is 10.5. The maximum Gasteiger partial charge on any atom is 0.296 e. The molecular weight excluding hydrogens is 469 g/mol. The number of nitrogens with zero attached hydrogens (tertiary/aromatic N) is 2. The molecule has 0 aliphatic carbocycles. The summed E-state index contributed by atoms with van der Waals surface area (Å²) in [6, 6.07) is 4.78. The van der Waals surface area contributed by atoms with Gasteiger partial charge in [-0.05, 0) is 16.9 Å². The topological polar surface area (TPSA) is 137 Å². The van der Waals surface area contributed by atoms with Gasteiger partial charge in [0.25, 0.3) is 11.5 Å². The van der Waals surface area contributed by atoms with Crippen LogP contribution in [0, 0.1) is 0 Å². The molecule has 2 unspecified atom stereocenters. The largest absolute Gasteiger partial charge is 0.501 e. The molecule has 4 rings (SSSR count). The van der Waals surface area contributed by atoms with Gasteiger partial charge in [-0.1, -0.05) is 26.0 Å². The van der Waals surface area contributed by atoms with Gasteiger partial charge >= 0.3 is 0 Å². The second kappa shape index (κ2) is 9.89. The molecule has 1 saturated heterocycles. The minimum absolute atomic E-state index is 0.0819. The predicted octanol–water partition coefficient (Wildman–Crippen LogP) is 0.455. The summed E-state index contributed by atoms with van der Waals surface area (Å²) < 4.78 is 36.7. The molecule has 180 valence electrons. The summed E-state index contributed by atoms with van der Waals surface area (Å²) in [7, 11) is -1.10. The molecule has 2 aliphatic rings. The maximum absolute atomic E-state index is 12.8. The Hall–Kier alpha value is -2.33. The minimum Gasteiger partial charge on any atom is -0.501 e. The highest BCUT2D eigenvalue weighted by molar-refractivity contribution is 7.90. The van der Waals surface area contributed by atoms with Crippen LogP contribution in [0.2, 0.25) is 0 Å². The van der Waals surface area contributed by atoms with E-state index in [4.69, 9.17) is 9.47 Å². The fourth-order valence-electron chi connectivity index (χ4n) is 3.81. The van der Waals surface area contributed by atoms with E-state index in [0.29, 0.717) is 23.9 Å².